The van der Waals surface area contributed by atoms with Gasteiger partial charge in [-0.15, -0.1) is 0 Å². The fraction of sp³-hybridized carbons (Fsp3) is 0.714. The van der Waals surface area contributed by atoms with Crippen LogP contribution in [-0.2, 0) is 17.1 Å². The summed E-state index contributed by atoms with van der Waals surface area (Å²) in [5.41, 5.74) is 0. The highest BCUT2D eigenvalue weighted by Gasteiger charge is 2.38. The number of hydrogen-bond donors (Lipinski definition) is 1. The summed E-state index contributed by atoms with van der Waals surface area (Å²) in [5.74, 6) is 0. The number of aromatic nitrogens is 1. The van der Waals surface area contributed by atoms with Crippen LogP contribution in [0.2, 0.25) is 0 Å². The second-order valence-electron chi connectivity index (χ2n) is 5.89. The topological polar surface area (TPSA) is 54.3 Å². The van der Waals surface area contributed by atoms with Gasteiger partial charge in [0.1, 0.15) is 0 Å². The molecule has 2 fully saturated rings. The summed E-state index contributed by atoms with van der Waals surface area (Å²) < 4.78 is 29.2. The third-order valence-corrected chi connectivity index (χ3v) is 6.38. The molecule has 0 aromatic carbocycles. The molecule has 1 aromatic rings. The van der Waals surface area contributed by atoms with E-state index in [2.05, 4.69) is 5.32 Å². The highest BCUT2D eigenvalue weighted by atomic mass is 32.2. The summed E-state index contributed by atoms with van der Waals surface area (Å²) in [6.07, 6.45) is 8.80. The van der Waals surface area contributed by atoms with Crippen molar-refractivity contribution in [3.05, 3.63) is 18.5 Å². The van der Waals surface area contributed by atoms with Gasteiger partial charge in [-0.25, -0.2) is 8.42 Å². The van der Waals surface area contributed by atoms with Crippen LogP contribution in [-0.4, -0.2) is 42.5 Å². The third-order valence-electron chi connectivity index (χ3n) is 4.47. The number of hydrogen-bond acceptors (Lipinski definition) is 3. The summed E-state index contributed by atoms with van der Waals surface area (Å²) >= 11 is 0. The highest BCUT2D eigenvalue weighted by Crippen LogP contribution is 2.29. The molecule has 0 aliphatic carbocycles. The zero-order chi connectivity index (χ0) is 14.2. The standard InChI is InChI=1S/C14H23N3O2S/c1-16-10-7-12(11-16)20(18,19)17-9-3-2-6-14(17)13-5-4-8-15-13/h7,10-11,13-15H,2-6,8-9H2,1H3. The van der Waals surface area contributed by atoms with Crippen LogP contribution in [0.15, 0.2) is 23.4 Å². The molecule has 0 spiro atoms. The maximum Gasteiger partial charge on any atom is 0.244 e. The molecule has 2 aliphatic heterocycles. The van der Waals surface area contributed by atoms with Gasteiger partial charge in [-0.2, -0.15) is 4.31 Å². The molecule has 6 heteroatoms. The van der Waals surface area contributed by atoms with Crippen molar-refractivity contribution in [3.63, 3.8) is 0 Å². The Morgan fingerprint density at radius 3 is 2.75 bits per heavy atom. The van der Waals surface area contributed by atoms with E-state index >= 15 is 0 Å². The number of rotatable bonds is 3. The van der Waals surface area contributed by atoms with Crippen molar-refractivity contribution in [1.82, 2.24) is 14.2 Å². The van der Waals surface area contributed by atoms with Gasteiger partial charge in [0.05, 0.1) is 4.90 Å². The molecule has 2 saturated heterocycles. The van der Waals surface area contributed by atoms with E-state index in [4.69, 9.17) is 0 Å². The van der Waals surface area contributed by atoms with E-state index in [-0.39, 0.29) is 6.04 Å². The third kappa shape index (κ3) is 2.52. The Labute approximate surface area is 121 Å². The minimum absolute atomic E-state index is 0.122. The van der Waals surface area contributed by atoms with Crippen LogP contribution in [0.5, 0.6) is 0 Å². The maximum atomic E-state index is 12.9. The molecule has 20 heavy (non-hydrogen) atoms. The first-order valence-electron chi connectivity index (χ1n) is 7.46. The van der Waals surface area contributed by atoms with Gasteiger partial charge in [-0.05, 0) is 38.3 Å². The van der Waals surface area contributed by atoms with Gasteiger partial charge >= 0.3 is 0 Å². The Kier molecular flexibility index (Phi) is 3.88. The van der Waals surface area contributed by atoms with Crippen LogP contribution in [0.25, 0.3) is 0 Å². The van der Waals surface area contributed by atoms with Crippen molar-refractivity contribution in [1.29, 1.82) is 0 Å². The average Bonchev–Trinajstić information content (AvgIpc) is 3.10. The van der Waals surface area contributed by atoms with Crippen LogP contribution < -0.4 is 5.32 Å². The normalized spacial score (nSPS) is 28.9. The van der Waals surface area contributed by atoms with Gasteiger partial charge in [0, 0.05) is 38.1 Å². The molecule has 3 rings (SSSR count). The summed E-state index contributed by atoms with van der Waals surface area (Å²) in [5, 5.41) is 3.47. The second-order valence-corrected chi connectivity index (χ2v) is 7.78. The SMILES string of the molecule is Cn1ccc(S(=O)(=O)N2CCCCC2C2CCCN2)c1. The van der Waals surface area contributed by atoms with E-state index in [0.29, 0.717) is 17.5 Å². The second kappa shape index (κ2) is 5.50. The summed E-state index contributed by atoms with van der Waals surface area (Å²) in [6.45, 7) is 1.67. The van der Waals surface area contributed by atoms with Gasteiger partial charge in [0.25, 0.3) is 0 Å². The number of nitrogens with one attached hydrogen (secondary N) is 1. The van der Waals surface area contributed by atoms with Gasteiger partial charge in [0.2, 0.25) is 10.0 Å². The van der Waals surface area contributed by atoms with Gasteiger partial charge in [0.15, 0.2) is 0 Å². The molecule has 0 saturated carbocycles. The molecule has 112 valence electrons. The predicted octanol–water partition coefficient (Wildman–Crippen LogP) is 1.32. The molecule has 3 heterocycles. The summed E-state index contributed by atoms with van der Waals surface area (Å²) in [4.78, 5) is 0.421. The Morgan fingerprint density at radius 1 is 1.25 bits per heavy atom. The van der Waals surface area contributed by atoms with Crippen LogP contribution in [0.4, 0.5) is 0 Å². The molecule has 0 radical (unpaired) electrons. The number of piperidine rings is 1. The first-order chi connectivity index (χ1) is 9.59. The quantitative estimate of drug-likeness (QED) is 0.915. The zero-order valence-corrected chi connectivity index (χ0v) is 12.8. The minimum Gasteiger partial charge on any atom is -0.356 e. The lowest BCUT2D eigenvalue weighted by molar-refractivity contribution is 0.211. The largest absolute Gasteiger partial charge is 0.356 e. The average molecular weight is 297 g/mol. The molecule has 2 unspecified atom stereocenters. The van der Waals surface area contributed by atoms with Gasteiger partial charge < -0.3 is 9.88 Å². The van der Waals surface area contributed by atoms with E-state index in [1.54, 1.807) is 27.3 Å². The van der Waals surface area contributed by atoms with E-state index in [0.717, 1.165) is 38.6 Å². The van der Waals surface area contributed by atoms with Crippen molar-refractivity contribution in [2.24, 2.45) is 7.05 Å². The molecule has 0 bridgehead atoms. The van der Waals surface area contributed by atoms with Crippen molar-refractivity contribution in [3.8, 4) is 0 Å². The molecular formula is C14H23N3O2S. The Balaban J connectivity index is 1.88. The van der Waals surface area contributed by atoms with Gasteiger partial charge in [-0.1, -0.05) is 6.42 Å². The maximum absolute atomic E-state index is 12.9. The molecule has 5 nitrogen and oxygen atoms in total. The first kappa shape index (κ1) is 14.1. The van der Waals surface area contributed by atoms with Crippen molar-refractivity contribution in [2.45, 2.75) is 49.1 Å². The fourth-order valence-electron chi connectivity index (χ4n) is 3.44. The Morgan fingerprint density at radius 2 is 2.10 bits per heavy atom. The monoisotopic (exact) mass is 297 g/mol. The number of aryl methyl sites for hydroxylation is 1. The van der Waals surface area contributed by atoms with Crippen molar-refractivity contribution < 1.29 is 8.42 Å². The first-order valence-corrected chi connectivity index (χ1v) is 8.90. The van der Waals surface area contributed by atoms with Crippen molar-refractivity contribution in [2.75, 3.05) is 13.1 Å². The lowest BCUT2D eigenvalue weighted by Gasteiger charge is -2.38. The lowest BCUT2D eigenvalue weighted by atomic mass is 9.97. The van der Waals surface area contributed by atoms with Crippen LogP contribution in [0.1, 0.15) is 32.1 Å². The number of sulfonamides is 1. The van der Waals surface area contributed by atoms with Crippen molar-refractivity contribution >= 4 is 10.0 Å². The smallest absolute Gasteiger partial charge is 0.244 e. The molecule has 0 amide bonds. The van der Waals surface area contributed by atoms with Crippen LogP contribution in [0, 0.1) is 0 Å². The van der Waals surface area contributed by atoms with Crippen LogP contribution >= 0.6 is 0 Å². The number of nitrogens with zero attached hydrogens (tertiary/aromatic N) is 2. The zero-order valence-electron chi connectivity index (χ0n) is 12.0. The van der Waals surface area contributed by atoms with E-state index in [9.17, 15) is 8.42 Å². The summed E-state index contributed by atoms with van der Waals surface area (Å²) in [7, 11) is -1.50. The lowest BCUT2D eigenvalue weighted by Crippen LogP contribution is -2.52. The summed E-state index contributed by atoms with van der Waals surface area (Å²) in [6, 6.07) is 2.15. The fourth-order valence-corrected chi connectivity index (χ4v) is 5.22. The van der Waals surface area contributed by atoms with E-state index < -0.39 is 10.0 Å². The van der Waals surface area contributed by atoms with E-state index in [1.165, 1.54) is 0 Å². The highest BCUT2D eigenvalue weighted by molar-refractivity contribution is 7.89. The minimum atomic E-state index is -3.36. The molecular weight excluding hydrogens is 274 g/mol. The molecule has 2 atom stereocenters. The van der Waals surface area contributed by atoms with E-state index in [1.807, 2.05) is 7.05 Å². The van der Waals surface area contributed by atoms with Crippen LogP contribution in [0.3, 0.4) is 0 Å². The molecule has 1 aromatic heterocycles. The van der Waals surface area contributed by atoms with Gasteiger partial charge in [-0.3, -0.25) is 0 Å². The predicted molar refractivity (Wildman–Crippen MR) is 78.0 cm³/mol. The molecule has 1 N–H and O–H groups in total. The molecule has 2 aliphatic rings. The Hall–Kier alpha value is -0.850. The Bertz CT molecular complexity index is 561.